The van der Waals surface area contributed by atoms with E-state index in [-0.39, 0.29) is 0 Å². The highest BCUT2D eigenvalue weighted by Gasteiger charge is 2.13. The van der Waals surface area contributed by atoms with Crippen LogP contribution < -0.4 is 15.1 Å². The Labute approximate surface area is 143 Å². The second-order valence-electron chi connectivity index (χ2n) is 6.03. The summed E-state index contributed by atoms with van der Waals surface area (Å²) in [7, 11) is 0. The first-order chi connectivity index (χ1) is 11.8. The van der Waals surface area contributed by atoms with Gasteiger partial charge in [-0.25, -0.2) is 0 Å². The highest BCUT2D eigenvalue weighted by molar-refractivity contribution is 5.59. The van der Waals surface area contributed by atoms with Crippen LogP contribution in [-0.2, 0) is 0 Å². The molecule has 1 saturated heterocycles. The maximum Gasteiger partial charge on any atom is 0.249 e. The van der Waals surface area contributed by atoms with Crippen molar-refractivity contribution >= 4 is 23.1 Å². The molecule has 1 aliphatic rings. The van der Waals surface area contributed by atoms with Crippen LogP contribution in [0.5, 0.6) is 0 Å². The highest BCUT2D eigenvalue weighted by atomic mass is 15.3. The first-order valence-corrected chi connectivity index (χ1v) is 8.87. The SMILES string of the molecule is CCN(CC)c1ccc(Nc2nncc(N3CCCCC3)n2)cc1. The molecule has 0 atom stereocenters. The van der Waals surface area contributed by atoms with Gasteiger partial charge in [0, 0.05) is 37.6 Å². The number of aromatic nitrogens is 3. The first-order valence-electron chi connectivity index (χ1n) is 8.87. The molecule has 1 aliphatic heterocycles. The maximum absolute atomic E-state index is 4.61. The van der Waals surface area contributed by atoms with Gasteiger partial charge in [0.25, 0.3) is 0 Å². The summed E-state index contributed by atoms with van der Waals surface area (Å²) < 4.78 is 0. The average Bonchev–Trinajstić information content (AvgIpc) is 2.65. The molecule has 24 heavy (non-hydrogen) atoms. The Morgan fingerprint density at radius 1 is 1.04 bits per heavy atom. The number of nitrogens with one attached hydrogen (secondary N) is 1. The second kappa shape index (κ2) is 7.95. The average molecular weight is 326 g/mol. The van der Waals surface area contributed by atoms with Crippen LogP contribution in [0.4, 0.5) is 23.1 Å². The zero-order chi connectivity index (χ0) is 16.8. The van der Waals surface area contributed by atoms with Crippen LogP contribution in [0.25, 0.3) is 0 Å². The molecule has 0 spiro atoms. The van der Waals surface area contributed by atoms with Gasteiger partial charge in [-0.2, -0.15) is 10.1 Å². The Kier molecular flexibility index (Phi) is 5.46. The summed E-state index contributed by atoms with van der Waals surface area (Å²) in [5, 5.41) is 11.5. The fraction of sp³-hybridized carbons (Fsp3) is 0.500. The van der Waals surface area contributed by atoms with Crippen molar-refractivity contribution in [2.75, 3.05) is 41.3 Å². The van der Waals surface area contributed by atoms with Gasteiger partial charge in [0.1, 0.15) is 0 Å². The lowest BCUT2D eigenvalue weighted by Crippen LogP contribution is -2.30. The van der Waals surface area contributed by atoms with E-state index in [0.29, 0.717) is 5.95 Å². The molecular formula is C18H26N6. The number of benzene rings is 1. The molecule has 1 aromatic heterocycles. The number of anilines is 4. The summed E-state index contributed by atoms with van der Waals surface area (Å²) in [4.78, 5) is 9.22. The van der Waals surface area contributed by atoms with Crippen molar-refractivity contribution < 1.29 is 0 Å². The van der Waals surface area contributed by atoms with Crippen LogP contribution in [0, 0.1) is 0 Å². The minimum absolute atomic E-state index is 0.550. The van der Waals surface area contributed by atoms with Crippen molar-refractivity contribution in [2.45, 2.75) is 33.1 Å². The Morgan fingerprint density at radius 3 is 2.42 bits per heavy atom. The smallest absolute Gasteiger partial charge is 0.249 e. The molecule has 1 fully saturated rings. The molecule has 0 saturated carbocycles. The Morgan fingerprint density at radius 2 is 1.75 bits per heavy atom. The van der Waals surface area contributed by atoms with Gasteiger partial charge in [-0.15, -0.1) is 5.10 Å². The minimum atomic E-state index is 0.550. The van der Waals surface area contributed by atoms with E-state index >= 15 is 0 Å². The number of hydrogen-bond donors (Lipinski definition) is 1. The molecule has 0 aliphatic carbocycles. The lowest BCUT2D eigenvalue weighted by Gasteiger charge is -2.27. The molecule has 2 heterocycles. The summed E-state index contributed by atoms with van der Waals surface area (Å²) in [6.07, 6.45) is 5.50. The van der Waals surface area contributed by atoms with E-state index in [1.807, 2.05) is 0 Å². The largest absolute Gasteiger partial charge is 0.372 e. The van der Waals surface area contributed by atoms with Crippen LogP contribution >= 0.6 is 0 Å². The third-order valence-electron chi connectivity index (χ3n) is 4.48. The van der Waals surface area contributed by atoms with E-state index in [1.54, 1.807) is 6.20 Å². The zero-order valence-corrected chi connectivity index (χ0v) is 14.6. The van der Waals surface area contributed by atoms with Gasteiger partial charge in [-0.05, 0) is 57.4 Å². The monoisotopic (exact) mass is 326 g/mol. The second-order valence-corrected chi connectivity index (χ2v) is 6.03. The van der Waals surface area contributed by atoms with Gasteiger partial charge in [0.2, 0.25) is 5.95 Å². The molecule has 0 bridgehead atoms. The topological polar surface area (TPSA) is 57.2 Å². The Hall–Kier alpha value is -2.37. The van der Waals surface area contributed by atoms with Gasteiger partial charge in [0.15, 0.2) is 5.82 Å². The fourth-order valence-electron chi connectivity index (χ4n) is 3.10. The normalized spacial score (nSPS) is 14.5. The molecule has 1 N–H and O–H groups in total. The van der Waals surface area contributed by atoms with Crippen LogP contribution in [0.15, 0.2) is 30.5 Å². The van der Waals surface area contributed by atoms with Gasteiger partial charge in [-0.1, -0.05) is 0 Å². The minimum Gasteiger partial charge on any atom is -0.372 e. The maximum atomic E-state index is 4.61. The van der Waals surface area contributed by atoms with E-state index < -0.39 is 0 Å². The molecule has 0 unspecified atom stereocenters. The zero-order valence-electron chi connectivity index (χ0n) is 14.6. The summed E-state index contributed by atoms with van der Waals surface area (Å²) in [5.41, 5.74) is 2.20. The van der Waals surface area contributed by atoms with Crippen LogP contribution in [0.2, 0.25) is 0 Å². The molecule has 6 nitrogen and oxygen atoms in total. The Bertz CT molecular complexity index is 632. The van der Waals surface area contributed by atoms with Gasteiger partial charge < -0.3 is 15.1 Å². The van der Waals surface area contributed by atoms with E-state index in [1.165, 1.54) is 24.9 Å². The number of nitrogens with zero attached hydrogens (tertiary/aromatic N) is 5. The molecule has 6 heteroatoms. The van der Waals surface area contributed by atoms with Crippen LogP contribution in [0.3, 0.4) is 0 Å². The van der Waals surface area contributed by atoms with Crippen molar-refractivity contribution in [1.82, 2.24) is 15.2 Å². The number of rotatable bonds is 6. The molecule has 128 valence electrons. The number of piperidine rings is 1. The van der Waals surface area contributed by atoms with Gasteiger partial charge in [0.05, 0.1) is 6.20 Å². The molecule has 2 aromatic rings. The summed E-state index contributed by atoms with van der Waals surface area (Å²) >= 11 is 0. The quantitative estimate of drug-likeness (QED) is 0.877. The van der Waals surface area contributed by atoms with Gasteiger partial charge >= 0.3 is 0 Å². The van der Waals surface area contributed by atoms with E-state index in [2.05, 4.69) is 68.4 Å². The molecular weight excluding hydrogens is 300 g/mol. The predicted octanol–water partition coefficient (Wildman–Crippen LogP) is 3.45. The van der Waals surface area contributed by atoms with E-state index in [4.69, 9.17) is 0 Å². The van der Waals surface area contributed by atoms with Crippen molar-refractivity contribution in [2.24, 2.45) is 0 Å². The fourth-order valence-corrected chi connectivity index (χ4v) is 3.10. The van der Waals surface area contributed by atoms with Crippen molar-refractivity contribution in [3.63, 3.8) is 0 Å². The molecule has 3 rings (SSSR count). The summed E-state index contributed by atoms with van der Waals surface area (Å²) in [5.74, 6) is 1.46. The van der Waals surface area contributed by atoms with Gasteiger partial charge in [-0.3, -0.25) is 0 Å². The molecule has 0 amide bonds. The standard InChI is InChI=1S/C18H26N6/c1-3-23(4-2)16-10-8-15(9-11-16)20-18-21-17(14-19-22-18)24-12-6-5-7-13-24/h8-11,14H,3-7,12-13H2,1-2H3,(H,20,21,22). The van der Waals surface area contributed by atoms with E-state index in [9.17, 15) is 0 Å². The predicted molar refractivity (Wildman–Crippen MR) is 99.2 cm³/mol. The third-order valence-corrected chi connectivity index (χ3v) is 4.48. The van der Waals surface area contributed by atoms with Crippen LogP contribution in [0.1, 0.15) is 33.1 Å². The molecule has 0 radical (unpaired) electrons. The molecule has 1 aromatic carbocycles. The first kappa shape index (κ1) is 16.5. The van der Waals surface area contributed by atoms with Crippen LogP contribution in [-0.4, -0.2) is 41.4 Å². The summed E-state index contributed by atoms with van der Waals surface area (Å²) in [6.45, 7) is 8.46. The Balaban J connectivity index is 1.69. The third kappa shape index (κ3) is 3.93. The van der Waals surface area contributed by atoms with Crippen molar-refractivity contribution in [3.8, 4) is 0 Å². The van der Waals surface area contributed by atoms with Crippen molar-refractivity contribution in [3.05, 3.63) is 30.5 Å². The van der Waals surface area contributed by atoms with Crippen molar-refractivity contribution in [1.29, 1.82) is 0 Å². The summed E-state index contributed by atoms with van der Waals surface area (Å²) in [6, 6.07) is 8.36. The lowest BCUT2D eigenvalue weighted by molar-refractivity contribution is 0.572. The number of hydrogen-bond acceptors (Lipinski definition) is 6. The van der Waals surface area contributed by atoms with E-state index in [0.717, 1.165) is 37.7 Å². The highest BCUT2D eigenvalue weighted by Crippen LogP contribution is 2.21. The lowest BCUT2D eigenvalue weighted by atomic mass is 10.1.